The first-order valence-corrected chi connectivity index (χ1v) is 15.1. The van der Waals surface area contributed by atoms with E-state index in [2.05, 4.69) is 48.5 Å². The number of hydrogen-bond donors (Lipinski definition) is 1. The number of hydrogen-bond acceptors (Lipinski definition) is 6. The molecule has 0 aromatic heterocycles. The van der Waals surface area contributed by atoms with E-state index in [4.69, 9.17) is 23.7 Å². The van der Waals surface area contributed by atoms with Crippen LogP contribution >= 0.6 is 0 Å². The molecule has 4 aromatic carbocycles. The third kappa shape index (κ3) is 7.42. The lowest BCUT2D eigenvalue weighted by molar-refractivity contribution is -0.286. The Labute approximate surface area is 254 Å². The van der Waals surface area contributed by atoms with E-state index in [9.17, 15) is 5.11 Å². The van der Waals surface area contributed by atoms with Gasteiger partial charge in [0, 0.05) is 12.5 Å². The van der Waals surface area contributed by atoms with Gasteiger partial charge in [-0.15, -0.1) is 0 Å². The summed E-state index contributed by atoms with van der Waals surface area (Å²) in [6.45, 7) is 2.01. The van der Waals surface area contributed by atoms with Crippen LogP contribution in [0.25, 0.3) is 0 Å². The van der Waals surface area contributed by atoms with Crippen LogP contribution in [0.3, 0.4) is 0 Å². The van der Waals surface area contributed by atoms with Crippen LogP contribution in [-0.2, 0) is 50.1 Å². The van der Waals surface area contributed by atoms with Gasteiger partial charge in [0.05, 0.1) is 33.0 Å². The van der Waals surface area contributed by atoms with Crippen molar-refractivity contribution in [2.24, 2.45) is 5.92 Å². The molecule has 2 aliphatic rings. The van der Waals surface area contributed by atoms with Crippen LogP contribution in [0.5, 0.6) is 0 Å². The van der Waals surface area contributed by atoms with Crippen molar-refractivity contribution in [1.29, 1.82) is 0 Å². The van der Waals surface area contributed by atoms with Crippen LogP contribution in [0.1, 0.15) is 28.7 Å². The number of ether oxygens (including phenoxy) is 5. The van der Waals surface area contributed by atoms with Gasteiger partial charge in [0.25, 0.3) is 0 Å². The Hall–Kier alpha value is -3.36. The second-order valence-corrected chi connectivity index (χ2v) is 11.4. The highest BCUT2D eigenvalue weighted by atomic mass is 16.6. The monoisotopic (exact) mass is 580 g/mol. The summed E-state index contributed by atoms with van der Waals surface area (Å²) in [5.41, 5.74) is 3.61. The smallest absolute Gasteiger partial charge is 0.116 e. The van der Waals surface area contributed by atoms with E-state index in [1.54, 1.807) is 0 Å². The summed E-state index contributed by atoms with van der Waals surface area (Å²) in [4.78, 5) is 0. The largest absolute Gasteiger partial charge is 0.396 e. The molecule has 0 radical (unpaired) electrons. The Bertz CT molecular complexity index is 1370. The van der Waals surface area contributed by atoms with Crippen molar-refractivity contribution in [1.82, 2.24) is 0 Å². The predicted octanol–water partition coefficient (Wildman–Crippen LogP) is 6.11. The molecule has 1 heterocycles. The molecule has 43 heavy (non-hydrogen) atoms. The van der Waals surface area contributed by atoms with Crippen molar-refractivity contribution in [2.75, 3.05) is 13.2 Å². The van der Waals surface area contributed by atoms with Crippen LogP contribution in [0.2, 0.25) is 0 Å². The summed E-state index contributed by atoms with van der Waals surface area (Å²) in [5, 5.41) is 10.3. The molecule has 4 aromatic rings. The number of aliphatic hydroxyl groups is 1. The predicted molar refractivity (Wildman–Crippen MR) is 164 cm³/mol. The van der Waals surface area contributed by atoms with E-state index in [1.807, 2.05) is 72.8 Å². The van der Waals surface area contributed by atoms with Crippen molar-refractivity contribution < 1.29 is 28.8 Å². The molecular formula is C37H40O6. The second-order valence-electron chi connectivity index (χ2n) is 11.4. The van der Waals surface area contributed by atoms with E-state index in [0.29, 0.717) is 39.5 Å². The van der Waals surface area contributed by atoms with Crippen molar-refractivity contribution in [3.63, 3.8) is 0 Å². The van der Waals surface area contributed by atoms with Gasteiger partial charge in [0.2, 0.25) is 0 Å². The lowest BCUT2D eigenvalue weighted by atomic mass is 9.91. The third-order valence-electron chi connectivity index (χ3n) is 8.39. The van der Waals surface area contributed by atoms with Crippen LogP contribution in [0.4, 0.5) is 0 Å². The number of rotatable bonds is 14. The minimum atomic E-state index is -0.682. The molecule has 6 nitrogen and oxygen atoms in total. The van der Waals surface area contributed by atoms with Crippen LogP contribution in [0.15, 0.2) is 121 Å². The lowest BCUT2D eigenvalue weighted by Crippen LogP contribution is -2.63. The van der Waals surface area contributed by atoms with Crippen molar-refractivity contribution in [2.45, 2.75) is 62.9 Å². The first-order chi connectivity index (χ1) is 21.2. The standard InChI is InChI=1S/C37H40O6/c38-22-32-21-37(32)36(42-26-31-19-11-4-12-20-31)35(41-25-30-17-9-3-10-18-30)34(40-24-29-15-7-2-8-16-29)33(43-37)27-39-23-28-13-5-1-6-14-28/h1-20,32-36,38H,21-27H2/t32?,33?,34-,35?,36?,37-/m1/s1. The third-order valence-corrected chi connectivity index (χ3v) is 8.39. The van der Waals surface area contributed by atoms with Gasteiger partial charge in [-0.1, -0.05) is 121 Å². The zero-order chi connectivity index (χ0) is 29.3. The van der Waals surface area contributed by atoms with E-state index in [0.717, 1.165) is 22.3 Å². The normalized spacial score (nSPS) is 26.4. The molecule has 6 heteroatoms. The molecule has 1 aliphatic heterocycles. The Balaban J connectivity index is 1.29. The Morgan fingerprint density at radius 3 is 1.49 bits per heavy atom. The maximum atomic E-state index is 10.3. The maximum absolute atomic E-state index is 10.3. The molecule has 1 saturated carbocycles. The first kappa shape index (κ1) is 29.7. The molecule has 6 atom stereocenters. The van der Waals surface area contributed by atoms with Crippen molar-refractivity contribution in [3.05, 3.63) is 144 Å². The summed E-state index contributed by atoms with van der Waals surface area (Å²) in [6, 6.07) is 40.5. The van der Waals surface area contributed by atoms with Gasteiger partial charge in [-0.25, -0.2) is 0 Å². The van der Waals surface area contributed by atoms with Crippen LogP contribution < -0.4 is 0 Å². The van der Waals surface area contributed by atoms with Gasteiger partial charge in [0.15, 0.2) is 0 Å². The average Bonchev–Trinajstić information content (AvgIpc) is 3.77. The quantitative estimate of drug-likeness (QED) is 0.194. The topological polar surface area (TPSA) is 66.4 Å². The zero-order valence-corrected chi connectivity index (χ0v) is 24.4. The van der Waals surface area contributed by atoms with Gasteiger partial charge >= 0.3 is 0 Å². The molecule has 6 rings (SSSR count). The highest BCUT2D eigenvalue weighted by molar-refractivity contribution is 5.20. The molecule has 1 spiro atoms. The summed E-state index contributed by atoms with van der Waals surface area (Å²) in [7, 11) is 0. The second kappa shape index (κ2) is 14.4. The van der Waals surface area contributed by atoms with E-state index >= 15 is 0 Å². The molecule has 2 fully saturated rings. The Morgan fingerprint density at radius 1 is 0.581 bits per heavy atom. The lowest BCUT2D eigenvalue weighted by Gasteiger charge is -2.47. The number of benzene rings is 4. The fourth-order valence-corrected chi connectivity index (χ4v) is 6.03. The average molecular weight is 581 g/mol. The Kier molecular flexibility index (Phi) is 9.95. The Morgan fingerprint density at radius 2 is 1.02 bits per heavy atom. The molecule has 1 N–H and O–H groups in total. The minimum absolute atomic E-state index is 0.0176. The van der Waals surface area contributed by atoms with Gasteiger partial charge in [0.1, 0.15) is 30.0 Å². The summed E-state index contributed by atoms with van der Waals surface area (Å²) >= 11 is 0. The molecule has 1 aliphatic carbocycles. The minimum Gasteiger partial charge on any atom is -0.396 e. The molecule has 4 unspecified atom stereocenters. The highest BCUT2D eigenvalue weighted by Crippen LogP contribution is 2.56. The number of aliphatic hydroxyl groups excluding tert-OH is 1. The van der Waals surface area contributed by atoms with Gasteiger partial charge < -0.3 is 28.8 Å². The zero-order valence-electron chi connectivity index (χ0n) is 24.4. The van der Waals surface area contributed by atoms with Crippen molar-refractivity contribution in [3.8, 4) is 0 Å². The van der Waals surface area contributed by atoms with Crippen LogP contribution in [-0.4, -0.2) is 48.3 Å². The summed E-state index contributed by atoms with van der Waals surface area (Å²) < 4.78 is 33.3. The molecule has 0 bridgehead atoms. The van der Waals surface area contributed by atoms with Crippen LogP contribution in [0, 0.1) is 5.92 Å². The molecule has 0 amide bonds. The summed E-state index contributed by atoms with van der Waals surface area (Å²) in [6.07, 6.45) is -1.09. The van der Waals surface area contributed by atoms with E-state index < -0.39 is 30.0 Å². The fraction of sp³-hybridized carbons (Fsp3) is 0.351. The maximum Gasteiger partial charge on any atom is 0.116 e. The van der Waals surface area contributed by atoms with E-state index in [1.165, 1.54) is 0 Å². The van der Waals surface area contributed by atoms with E-state index in [-0.39, 0.29) is 12.5 Å². The first-order valence-electron chi connectivity index (χ1n) is 15.1. The van der Waals surface area contributed by atoms with Gasteiger partial charge in [-0.05, 0) is 28.7 Å². The highest BCUT2D eigenvalue weighted by Gasteiger charge is 2.68. The molecule has 224 valence electrons. The van der Waals surface area contributed by atoms with Gasteiger partial charge in [-0.2, -0.15) is 0 Å². The van der Waals surface area contributed by atoms with Gasteiger partial charge in [-0.3, -0.25) is 0 Å². The molecular weight excluding hydrogens is 540 g/mol. The van der Waals surface area contributed by atoms with Crippen molar-refractivity contribution >= 4 is 0 Å². The fourth-order valence-electron chi connectivity index (χ4n) is 6.03. The SMILES string of the molecule is OCC1C[C@@]12OC(COCc1ccccc1)[C@@H](OCc1ccccc1)C(OCc1ccccc1)C2OCc1ccccc1. The summed E-state index contributed by atoms with van der Waals surface area (Å²) in [5.74, 6) is -0.0530. The molecule has 1 saturated heterocycles.